The average Bonchev–Trinajstić information content (AvgIpc) is 2.84. The highest BCUT2D eigenvalue weighted by molar-refractivity contribution is 8.13. The second-order valence-electron chi connectivity index (χ2n) is 8.13. The van der Waals surface area contributed by atoms with E-state index >= 15 is 0 Å². The Labute approximate surface area is 194 Å². The molecule has 2 heterocycles. The summed E-state index contributed by atoms with van der Waals surface area (Å²) in [7, 11) is 1.70. The zero-order valence-electron chi connectivity index (χ0n) is 18.8. The number of benzene rings is 2. The molecular formula is C25H29N5OS. The van der Waals surface area contributed by atoms with Gasteiger partial charge in [0.15, 0.2) is 5.66 Å². The number of hydrogen-bond donors (Lipinski definition) is 1. The first-order valence-electron chi connectivity index (χ1n) is 10.8. The van der Waals surface area contributed by atoms with Crippen molar-refractivity contribution in [2.75, 3.05) is 39.5 Å². The Bertz CT molecular complexity index is 1050. The number of rotatable bonds is 5. The topological polar surface area (TPSA) is 63.9 Å². The molecule has 4 rings (SSSR count). The van der Waals surface area contributed by atoms with E-state index < -0.39 is 5.66 Å². The quantitative estimate of drug-likeness (QED) is 0.753. The van der Waals surface area contributed by atoms with Gasteiger partial charge >= 0.3 is 0 Å². The predicted octanol–water partition coefficient (Wildman–Crippen LogP) is 3.79. The third-order valence-electron chi connectivity index (χ3n) is 6.01. The van der Waals surface area contributed by atoms with E-state index in [2.05, 4.69) is 52.4 Å². The summed E-state index contributed by atoms with van der Waals surface area (Å²) in [5.74, 6) is 1.78. The largest absolute Gasteiger partial charge is 0.497 e. The van der Waals surface area contributed by atoms with Crippen LogP contribution in [0, 0.1) is 11.3 Å². The van der Waals surface area contributed by atoms with Crippen LogP contribution in [0.5, 0.6) is 5.75 Å². The van der Waals surface area contributed by atoms with Gasteiger partial charge in [-0.15, -0.1) is 11.8 Å². The molecule has 1 saturated heterocycles. The molecule has 2 aromatic carbocycles. The van der Waals surface area contributed by atoms with Crippen molar-refractivity contribution in [1.82, 2.24) is 15.1 Å². The summed E-state index contributed by atoms with van der Waals surface area (Å²) in [4.78, 5) is 9.67. The minimum Gasteiger partial charge on any atom is -0.497 e. The highest BCUT2D eigenvalue weighted by Gasteiger charge is 2.36. The van der Waals surface area contributed by atoms with Gasteiger partial charge in [-0.25, -0.2) is 4.99 Å². The van der Waals surface area contributed by atoms with Crippen LogP contribution in [0.25, 0.3) is 0 Å². The maximum Gasteiger partial charge on any atom is 0.155 e. The lowest BCUT2D eigenvalue weighted by atomic mass is 10.00. The Morgan fingerprint density at radius 2 is 1.88 bits per heavy atom. The van der Waals surface area contributed by atoms with Gasteiger partial charge in [-0.2, -0.15) is 5.26 Å². The van der Waals surface area contributed by atoms with Crippen molar-refractivity contribution < 1.29 is 4.74 Å². The van der Waals surface area contributed by atoms with Crippen molar-refractivity contribution in [1.29, 1.82) is 5.26 Å². The number of nitrogens with zero attached hydrogens (tertiary/aromatic N) is 4. The van der Waals surface area contributed by atoms with E-state index in [0.29, 0.717) is 5.57 Å². The third-order valence-corrected chi connectivity index (χ3v) is 6.69. The summed E-state index contributed by atoms with van der Waals surface area (Å²) in [6.07, 6.45) is 1.98. The van der Waals surface area contributed by atoms with Crippen molar-refractivity contribution in [2.24, 2.45) is 4.99 Å². The number of ether oxygens (including phenoxy) is 1. The van der Waals surface area contributed by atoms with Crippen LogP contribution in [0.15, 0.2) is 71.0 Å². The fourth-order valence-corrected chi connectivity index (χ4v) is 4.85. The van der Waals surface area contributed by atoms with Crippen LogP contribution in [0.4, 0.5) is 0 Å². The molecule has 2 aromatic rings. The van der Waals surface area contributed by atoms with Gasteiger partial charge in [-0.1, -0.05) is 42.5 Å². The highest BCUT2D eigenvalue weighted by atomic mass is 32.2. The zero-order valence-corrected chi connectivity index (χ0v) is 19.7. The van der Waals surface area contributed by atoms with Crippen LogP contribution in [-0.2, 0) is 12.2 Å². The van der Waals surface area contributed by atoms with Gasteiger partial charge in [-0.3, -0.25) is 4.90 Å². The van der Waals surface area contributed by atoms with E-state index in [1.54, 1.807) is 7.11 Å². The summed E-state index contributed by atoms with van der Waals surface area (Å²) < 4.78 is 5.36. The van der Waals surface area contributed by atoms with Crippen molar-refractivity contribution in [3.63, 3.8) is 0 Å². The summed E-state index contributed by atoms with van der Waals surface area (Å²) in [5.41, 5.74) is 2.36. The molecule has 7 heteroatoms. The fraction of sp³-hybridized carbons (Fsp3) is 0.360. The summed E-state index contributed by atoms with van der Waals surface area (Å²) in [6.45, 7) is 6.52. The molecule has 2 aliphatic rings. The normalized spacial score (nSPS) is 21.6. The average molecular weight is 448 g/mol. The molecule has 0 radical (unpaired) electrons. The minimum absolute atomic E-state index is 0.604. The van der Waals surface area contributed by atoms with Gasteiger partial charge in [0.05, 0.1) is 7.11 Å². The number of nitriles is 1. The van der Waals surface area contributed by atoms with Crippen LogP contribution < -0.4 is 10.1 Å². The van der Waals surface area contributed by atoms with Crippen molar-refractivity contribution in [3.8, 4) is 11.8 Å². The molecule has 0 amide bonds. The van der Waals surface area contributed by atoms with Crippen LogP contribution in [0.1, 0.15) is 18.1 Å². The lowest BCUT2D eigenvalue weighted by Gasteiger charge is -2.42. The number of aliphatic imine (C=N–C) groups is 1. The first-order chi connectivity index (χ1) is 15.6. The Balaban J connectivity index is 1.51. The zero-order chi connectivity index (χ0) is 22.6. The fourth-order valence-electron chi connectivity index (χ4n) is 4.22. The molecule has 6 nitrogen and oxygen atoms in total. The molecule has 32 heavy (non-hydrogen) atoms. The molecule has 0 saturated carbocycles. The number of nitrogens with one attached hydrogen (secondary N) is 1. The number of methoxy groups -OCH3 is 1. The summed E-state index contributed by atoms with van der Waals surface area (Å²) in [5, 5.41) is 14.3. The summed E-state index contributed by atoms with van der Waals surface area (Å²) in [6, 6.07) is 20.9. The van der Waals surface area contributed by atoms with Gasteiger partial charge in [0.25, 0.3) is 0 Å². The SMILES string of the molecule is COc1cccc(CN2CCN(C3=C(C#N)C(SC)=NC(C)(c4ccccc4)N3)CC2)c1. The first kappa shape index (κ1) is 22.3. The summed E-state index contributed by atoms with van der Waals surface area (Å²) >= 11 is 1.53. The molecule has 0 aromatic heterocycles. The van der Waals surface area contributed by atoms with Crippen molar-refractivity contribution >= 4 is 16.8 Å². The minimum atomic E-state index is -0.604. The standard InChI is InChI=1S/C25H29N5OS/c1-25(20-9-5-4-6-10-20)27-23(22(17-26)24(28-25)32-3)30-14-12-29(13-15-30)18-19-8-7-11-21(16-19)31-2/h4-11,16,27H,12-15,18H2,1-3H3. The Morgan fingerprint density at radius 1 is 1.12 bits per heavy atom. The van der Waals surface area contributed by atoms with Crippen molar-refractivity contribution in [3.05, 3.63) is 77.1 Å². The molecule has 0 aliphatic carbocycles. The van der Waals surface area contributed by atoms with Gasteiger partial charge in [-0.05, 0) is 36.4 Å². The van der Waals surface area contributed by atoms with Crippen LogP contribution in [0.2, 0.25) is 0 Å². The van der Waals surface area contributed by atoms with E-state index in [1.165, 1.54) is 17.3 Å². The molecule has 1 unspecified atom stereocenters. The first-order valence-corrected chi connectivity index (χ1v) is 12.0. The van der Waals surface area contributed by atoms with Gasteiger partial charge in [0, 0.05) is 32.7 Å². The Kier molecular flexibility index (Phi) is 6.73. The monoisotopic (exact) mass is 447 g/mol. The van der Waals surface area contributed by atoms with Crippen LogP contribution in [-0.4, -0.2) is 54.4 Å². The molecule has 0 spiro atoms. The Morgan fingerprint density at radius 3 is 2.53 bits per heavy atom. The molecule has 1 fully saturated rings. The lowest BCUT2D eigenvalue weighted by Crippen LogP contribution is -2.52. The van der Waals surface area contributed by atoms with E-state index in [-0.39, 0.29) is 0 Å². The maximum absolute atomic E-state index is 9.94. The van der Waals surface area contributed by atoms with Crippen LogP contribution in [0.3, 0.4) is 0 Å². The second kappa shape index (κ2) is 9.68. The molecule has 1 atom stereocenters. The lowest BCUT2D eigenvalue weighted by molar-refractivity contribution is 0.139. The van der Waals surface area contributed by atoms with E-state index in [0.717, 1.165) is 54.9 Å². The molecule has 1 N–H and O–H groups in total. The van der Waals surface area contributed by atoms with E-state index in [4.69, 9.17) is 9.73 Å². The number of hydrogen-bond acceptors (Lipinski definition) is 7. The van der Waals surface area contributed by atoms with E-state index in [9.17, 15) is 5.26 Å². The Hall–Kier alpha value is -2.95. The molecule has 2 aliphatic heterocycles. The maximum atomic E-state index is 9.94. The van der Waals surface area contributed by atoms with Crippen molar-refractivity contribution in [2.45, 2.75) is 19.1 Å². The number of piperazine rings is 1. The number of thioether (sulfide) groups is 1. The van der Waals surface area contributed by atoms with E-state index in [1.807, 2.05) is 36.6 Å². The predicted molar refractivity (Wildman–Crippen MR) is 130 cm³/mol. The van der Waals surface area contributed by atoms with Gasteiger partial charge in [0.2, 0.25) is 0 Å². The second-order valence-corrected chi connectivity index (χ2v) is 8.93. The third kappa shape index (κ3) is 4.62. The molecular weight excluding hydrogens is 418 g/mol. The smallest absolute Gasteiger partial charge is 0.155 e. The highest BCUT2D eigenvalue weighted by Crippen LogP contribution is 2.33. The van der Waals surface area contributed by atoms with Gasteiger partial charge in [0.1, 0.15) is 28.3 Å². The molecule has 0 bridgehead atoms. The van der Waals surface area contributed by atoms with Crippen LogP contribution >= 0.6 is 11.8 Å². The van der Waals surface area contributed by atoms with Gasteiger partial charge < -0.3 is 15.0 Å². The molecule has 166 valence electrons.